The van der Waals surface area contributed by atoms with Crippen molar-refractivity contribution in [2.24, 2.45) is 0 Å². The fourth-order valence-corrected chi connectivity index (χ4v) is 1.97. The first-order valence-corrected chi connectivity index (χ1v) is 7.30. The van der Waals surface area contributed by atoms with Gasteiger partial charge in [0.25, 0.3) is 0 Å². The number of rotatable bonds is 8. The molecule has 2 amide bonds. The van der Waals surface area contributed by atoms with Gasteiger partial charge in [-0.1, -0.05) is 13.8 Å². The van der Waals surface area contributed by atoms with Gasteiger partial charge in [-0.15, -0.1) is 0 Å². The van der Waals surface area contributed by atoms with E-state index in [2.05, 4.69) is 10.3 Å². The maximum absolute atomic E-state index is 12.0. The van der Waals surface area contributed by atoms with Crippen molar-refractivity contribution >= 4 is 17.6 Å². The molecule has 0 saturated heterocycles. The number of anilines is 1. The minimum atomic E-state index is -0.328. The van der Waals surface area contributed by atoms with Gasteiger partial charge in [-0.2, -0.15) is 0 Å². The fourth-order valence-electron chi connectivity index (χ4n) is 1.97. The quantitative estimate of drug-likeness (QED) is 0.769. The fraction of sp³-hybridized carbons (Fsp3) is 0.533. The summed E-state index contributed by atoms with van der Waals surface area (Å²) < 4.78 is 0. The molecule has 21 heavy (non-hydrogen) atoms. The molecule has 1 aromatic rings. The summed E-state index contributed by atoms with van der Waals surface area (Å²) in [7, 11) is 0. The van der Waals surface area contributed by atoms with Crippen molar-refractivity contribution in [2.45, 2.75) is 39.5 Å². The molecule has 0 aromatic carbocycles. The Morgan fingerprint density at radius 3 is 2.48 bits per heavy atom. The topological polar surface area (TPSA) is 82.5 Å². The molecule has 0 atom stereocenters. The monoisotopic (exact) mass is 293 g/mol. The highest BCUT2D eigenvalue weighted by Gasteiger charge is 2.14. The third-order valence-electron chi connectivity index (χ3n) is 2.95. The van der Waals surface area contributed by atoms with Gasteiger partial charge < -0.3 is 15.3 Å². The molecular weight excluding hydrogens is 270 g/mol. The molecule has 0 radical (unpaired) electrons. The number of hydrogen-bond donors (Lipinski definition) is 2. The normalized spacial score (nSPS) is 10.2. The average molecular weight is 293 g/mol. The van der Waals surface area contributed by atoms with Gasteiger partial charge in [0.05, 0.1) is 0 Å². The number of pyridine rings is 1. The van der Waals surface area contributed by atoms with Crippen LogP contribution in [0.2, 0.25) is 0 Å². The lowest BCUT2D eigenvalue weighted by Crippen LogP contribution is -2.33. The number of hydrogen-bond acceptors (Lipinski definition) is 4. The molecule has 0 spiro atoms. The lowest BCUT2D eigenvalue weighted by molar-refractivity contribution is -0.133. The van der Waals surface area contributed by atoms with Gasteiger partial charge in [-0.25, -0.2) is 4.98 Å². The zero-order valence-electron chi connectivity index (χ0n) is 12.6. The minimum absolute atomic E-state index is 0.0147. The highest BCUT2D eigenvalue weighted by atomic mass is 16.3. The van der Waals surface area contributed by atoms with Gasteiger partial charge in [0.1, 0.15) is 0 Å². The average Bonchev–Trinajstić information content (AvgIpc) is 2.47. The molecule has 0 fully saturated rings. The summed E-state index contributed by atoms with van der Waals surface area (Å²) in [6, 6.07) is 3.01. The van der Waals surface area contributed by atoms with Crippen LogP contribution in [0, 0.1) is 0 Å². The number of carbonyl (C=O) groups is 2. The van der Waals surface area contributed by atoms with E-state index in [0.717, 1.165) is 25.9 Å². The van der Waals surface area contributed by atoms with Gasteiger partial charge in [0.15, 0.2) is 11.6 Å². The Morgan fingerprint density at radius 2 is 1.90 bits per heavy atom. The Hall–Kier alpha value is -2.11. The van der Waals surface area contributed by atoms with E-state index < -0.39 is 0 Å². The molecule has 0 aliphatic rings. The van der Waals surface area contributed by atoms with Crippen molar-refractivity contribution in [3.63, 3.8) is 0 Å². The summed E-state index contributed by atoms with van der Waals surface area (Å²) in [5.41, 5.74) is 0. The first-order chi connectivity index (χ1) is 10.1. The predicted molar refractivity (Wildman–Crippen MR) is 80.9 cm³/mol. The van der Waals surface area contributed by atoms with E-state index in [4.69, 9.17) is 0 Å². The molecule has 0 bridgehead atoms. The number of carbonyl (C=O) groups excluding carboxylic acids is 2. The van der Waals surface area contributed by atoms with Crippen molar-refractivity contribution in [3.8, 4) is 5.75 Å². The SMILES string of the molecule is CCCN(CCC)C(=O)CCC(=O)Nc1ncccc1O. The van der Waals surface area contributed by atoms with Crippen LogP contribution in [-0.2, 0) is 9.59 Å². The van der Waals surface area contributed by atoms with E-state index in [-0.39, 0.29) is 36.2 Å². The first kappa shape index (κ1) is 16.9. The van der Waals surface area contributed by atoms with Gasteiger partial charge in [0.2, 0.25) is 11.8 Å². The molecule has 6 heteroatoms. The minimum Gasteiger partial charge on any atom is -0.504 e. The van der Waals surface area contributed by atoms with Gasteiger partial charge >= 0.3 is 0 Å². The Balaban J connectivity index is 2.45. The molecule has 6 nitrogen and oxygen atoms in total. The third-order valence-corrected chi connectivity index (χ3v) is 2.95. The van der Waals surface area contributed by atoms with Crippen LogP contribution in [-0.4, -0.2) is 39.9 Å². The Bertz CT molecular complexity index is 471. The maximum atomic E-state index is 12.0. The van der Waals surface area contributed by atoms with Crippen LogP contribution in [0.5, 0.6) is 5.75 Å². The lowest BCUT2D eigenvalue weighted by Gasteiger charge is -2.21. The van der Waals surface area contributed by atoms with Crippen LogP contribution < -0.4 is 5.32 Å². The lowest BCUT2D eigenvalue weighted by atomic mass is 10.2. The van der Waals surface area contributed by atoms with Gasteiger partial charge in [-0.05, 0) is 25.0 Å². The second-order valence-electron chi connectivity index (χ2n) is 4.80. The van der Waals surface area contributed by atoms with E-state index in [0.29, 0.717) is 0 Å². The van der Waals surface area contributed by atoms with Crippen LogP contribution in [0.15, 0.2) is 18.3 Å². The van der Waals surface area contributed by atoms with Crippen LogP contribution >= 0.6 is 0 Å². The standard InChI is InChI=1S/C15H23N3O3/c1-3-10-18(11-4-2)14(21)8-7-13(20)17-15-12(19)6-5-9-16-15/h5-6,9,19H,3-4,7-8,10-11H2,1-2H3,(H,16,17,20). The van der Waals surface area contributed by atoms with Crippen molar-refractivity contribution in [1.29, 1.82) is 0 Å². The van der Waals surface area contributed by atoms with Crippen LogP contribution in [0.3, 0.4) is 0 Å². The van der Waals surface area contributed by atoms with Gasteiger partial charge in [-0.3, -0.25) is 9.59 Å². The molecule has 0 saturated carbocycles. The predicted octanol–water partition coefficient (Wildman–Crippen LogP) is 2.15. The Morgan fingerprint density at radius 1 is 1.24 bits per heavy atom. The number of amides is 2. The van der Waals surface area contributed by atoms with Crippen molar-refractivity contribution in [2.75, 3.05) is 18.4 Å². The smallest absolute Gasteiger partial charge is 0.226 e. The van der Waals surface area contributed by atoms with Crippen molar-refractivity contribution in [3.05, 3.63) is 18.3 Å². The number of nitrogens with zero attached hydrogens (tertiary/aromatic N) is 2. The molecular formula is C15H23N3O3. The molecule has 0 aliphatic carbocycles. The Kier molecular flexibility index (Phi) is 7.21. The van der Waals surface area contributed by atoms with E-state index in [1.807, 2.05) is 13.8 Å². The summed E-state index contributed by atoms with van der Waals surface area (Å²) in [5, 5.41) is 12.0. The zero-order chi connectivity index (χ0) is 15.7. The molecule has 116 valence electrons. The molecule has 1 rings (SSSR count). The maximum Gasteiger partial charge on any atom is 0.226 e. The third kappa shape index (κ3) is 5.81. The second kappa shape index (κ2) is 8.94. The van der Waals surface area contributed by atoms with Crippen LogP contribution in [0.25, 0.3) is 0 Å². The second-order valence-corrected chi connectivity index (χ2v) is 4.80. The van der Waals surface area contributed by atoms with E-state index in [1.165, 1.54) is 12.3 Å². The summed E-state index contributed by atoms with van der Waals surface area (Å²) in [4.78, 5) is 29.4. The van der Waals surface area contributed by atoms with Crippen LogP contribution in [0.4, 0.5) is 5.82 Å². The zero-order valence-corrected chi connectivity index (χ0v) is 12.6. The first-order valence-electron chi connectivity index (χ1n) is 7.30. The molecule has 1 aromatic heterocycles. The summed E-state index contributed by atoms with van der Waals surface area (Å²) in [6.45, 7) is 5.48. The summed E-state index contributed by atoms with van der Waals surface area (Å²) >= 11 is 0. The molecule has 0 unspecified atom stereocenters. The highest BCUT2D eigenvalue weighted by molar-refractivity contribution is 5.93. The highest BCUT2D eigenvalue weighted by Crippen LogP contribution is 2.18. The summed E-state index contributed by atoms with van der Waals surface area (Å²) in [5.74, 6) is -0.311. The number of aromatic hydroxyl groups is 1. The number of aromatic nitrogens is 1. The van der Waals surface area contributed by atoms with Gasteiger partial charge in [0, 0.05) is 32.1 Å². The van der Waals surface area contributed by atoms with E-state index in [1.54, 1.807) is 11.0 Å². The largest absolute Gasteiger partial charge is 0.504 e. The molecule has 2 N–H and O–H groups in total. The van der Waals surface area contributed by atoms with Crippen molar-refractivity contribution in [1.82, 2.24) is 9.88 Å². The van der Waals surface area contributed by atoms with Crippen LogP contribution in [0.1, 0.15) is 39.5 Å². The van der Waals surface area contributed by atoms with Crippen molar-refractivity contribution < 1.29 is 14.7 Å². The summed E-state index contributed by atoms with van der Waals surface area (Å²) in [6.07, 6.45) is 3.53. The molecule has 1 heterocycles. The number of nitrogens with one attached hydrogen (secondary N) is 1. The van der Waals surface area contributed by atoms with E-state index >= 15 is 0 Å². The van der Waals surface area contributed by atoms with E-state index in [9.17, 15) is 14.7 Å². The Labute approximate surface area is 125 Å². The molecule has 0 aliphatic heterocycles.